The molecule has 1 aromatic rings. The molecule has 1 aromatic carbocycles. The Morgan fingerprint density at radius 2 is 2.13 bits per heavy atom. The highest BCUT2D eigenvalue weighted by molar-refractivity contribution is 5.80. The summed E-state index contributed by atoms with van der Waals surface area (Å²) in [5.41, 5.74) is 6.50. The van der Waals surface area contributed by atoms with E-state index in [0.717, 1.165) is 18.4 Å². The molecule has 2 rings (SSSR count). The smallest absolute Gasteiger partial charge is 0.410 e. The molecule has 6 heteroatoms. The summed E-state index contributed by atoms with van der Waals surface area (Å²) in [6, 6.07) is 9.11. The predicted octanol–water partition coefficient (Wildman–Crippen LogP) is 1.50. The van der Waals surface area contributed by atoms with Gasteiger partial charge < -0.3 is 20.7 Å². The standard InChI is InChI=1S/C17H25N3O3/c1-13(18)16(21)19-10-15-8-5-9-20(11-15)17(22)23-12-14-6-3-2-4-7-14/h2-4,6-7,13,15H,5,8-12,18H2,1H3,(H,19,21). The van der Waals surface area contributed by atoms with Crippen LogP contribution in [0.4, 0.5) is 4.79 Å². The Labute approximate surface area is 137 Å². The van der Waals surface area contributed by atoms with Crippen LogP contribution >= 0.6 is 0 Å². The van der Waals surface area contributed by atoms with E-state index in [1.54, 1.807) is 11.8 Å². The lowest BCUT2D eigenvalue weighted by molar-refractivity contribution is -0.122. The molecule has 0 aromatic heterocycles. The van der Waals surface area contributed by atoms with Gasteiger partial charge in [-0.2, -0.15) is 0 Å². The van der Waals surface area contributed by atoms with Crippen LogP contribution in [0.15, 0.2) is 30.3 Å². The van der Waals surface area contributed by atoms with Gasteiger partial charge in [-0.25, -0.2) is 4.79 Å². The molecule has 2 amide bonds. The van der Waals surface area contributed by atoms with Gasteiger partial charge in [0.15, 0.2) is 0 Å². The number of likely N-dealkylation sites (tertiary alicyclic amines) is 1. The number of piperidine rings is 1. The van der Waals surface area contributed by atoms with Gasteiger partial charge in [0.1, 0.15) is 6.61 Å². The summed E-state index contributed by atoms with van der Waals surface area (Å²) in [7, 11) is 0. The Kier molecular flexibility index (Phi) is 6.40. The number of nitrogens with one attached hydrogen (secondary N) is 1. The molecule has 23 heavy (non-hydrogen) atoms. The second kappa shape index (κ2) is 8.53. The van der Waals surface area contributed by atoms with Crippen LogP contribution in [0.2, 0.25) is 0 Å². The third-order valence-corrected chi connectivity index (χ3v) is 3.96. The molecule has 1 fully saturated rings. The van der Waals surface area contributed by atoms with Crippen molar-refractivity contribution >= 4 is 12.0 Å². The highest BCUT2D eigenvalue weighted by atomic mass is 16.6. The maximum Gasteiger partial charge on any atom is 0.410 e. The Balaban J connectivity index is 1.76. The van der Waals surface area contributed by atoms with Gasteiger partial charge in [0.05, 0.1) is 6.04 Å². The average Bonchev–Trinajstić information content (AvgIpc) is 2.58. The number of nitrogens with two attached hydrogens (primary N) is 1. The number of nitrogens with zero attached hydrogens (tertiary/aromatic N) is 1. The first-order chi connectivity index (χ1) is 11.1. The fourth-order valence-electron chi connectivity index (χ4n) is 2.61. The van der Waals surface area contributed by atoms with Crippen molar-refractivity contribution in [3.8, 4) is 0 Å². The van der Waals surface area contributed by atoms with Crippen LogP contribution in [0.5, 0.6) is 0 Å². The molecule has 126 valence electrons. The van der Waals surface area contributed by atoms with E-state index in [0.29, 0.717) is 19.6 Å². The molecule has 0 spiro atoms. The van der Waals surface area contributed by atoms with Crippen LogP contribution in [-0.4, -0.2) is 42.6 Å². The van der Waals surface area contributed by atoms with Gasteiger partial charge in [-0.1, -0.05) is 30.3 Å². The van der Waals surface area contributed by atoms with Crippen LogP contribution in [0.3, 0.4) is 0 Å². The Morgan fingerprint density at radius 1 is 1.39 bits per heavy atom. The van der Waals surface area contributed by atoms with Crippen molar-refractivity contribution in [2.75, 3.05) is 19.6 Å². The zero-order valence-corrected chi connectivity index (χ0v) is 13.5. The second-order valence-corrected chi connectivity index (χ2v) is 6.03. The lowest BCUT2D eigenvalue weighted by Crippen LogP contribution is -2.46. The predicted molar refractivity (Wildman–Crippen MR) is 87.6 cm³/mol. The van der Waals surface area contributed by atoms with Gasteiger partial charge in [0.2, 0.25) is 5.91 Å². The average molecular weight is 319 g/mol. The maximum absolute atomic E-state index is 12.2. The number of carbonyl (C=O) groups is 2. The molecule has 2 atom stereocenters. The van der Waals surface area contributed by atoms with Crippen molar-refractivity contribution in [2.45, 2.75) is 32.4 Å². The summed E-state index contributed by atoms with van der Waals surface area (Å²) in [6.45, 7) is 3.78. The van der Waals surface area contributed by atoms with Gasteiger partial charge in [0, 0.05) is 19.6 Å². The van der Waals surface area contributed by atoms with Gasteiger partial charge in [-0.15, -0.1) is 0 Å². The van der Waals surface area contributed by atoms with Crippen LogP contribution in [-0.2, 0) is 16.1 Å². The van der Waals surface area contributed by atoms with Crippen LogP contribution < -0.4 is 11.1 Å². The Bertz CT molecular complexity index is 519. The van der Waals surface area contributed by atoms with Gasteiger partial charge in [-0.05, 0) is 31.2 Å². The van der Waals surface area contributed by atoms with Crippen LogP contribution in [0.25, 0.3) is 0 Å². The molecular weight excluding hydrogens is 294 g/mol. The Morgan fingerprint density at radius 3 is 2.83 bits per heavy atom. The quantitative estimate of drug-likeness (QED) is 0.861. The minimum atomic E-state index is -0.509. The normalized spacial score (nSPS) is 19.0. The molecular formula is C17H25N3O3. The first kappa shape index (κ1) is 17.3. The monoisotopic (exact) mass is 319 g/mol. The van der Waals surface area contributed by atoms with E-state index in [1.165, 1.54) is 0 Å². The number of amides is 2. The minimum absolute atomic E-state index is 0.159. The summed E-state index contributed by atoms with van der Waals surface area (Å²) < 4.78 is 5.36. The van der Waals surface area contributed by atoms with Crippen molar-refractivity contribution in [3.05, 3.63) is 35.9 Å². The number of benzene rings is 1. The van der Waals surface area contributed by atoms with E-state index < -0.39 is 6.04 Å². The van der Waals surface area contributed by atoms with Crippen molar-refractivity contribution in [2.24, 2.45) is 11.7 Å². The summed E-state index contributed by atoms with van der Waals surface area (Å²) in [5, 5.41) is 2.83. The van der Waals surface area contributed by atoms with E-state index in [2.05, 4.69) is 5.32 Å². The Hall–Kier alpha value is -2.08. The number of rotatable bonds is 5. The molecule has 2 unspecified atom stereocenters. The third-order valence-electron chi connectivity index (χ3n) is 3.96. The zero-order valence-electron chi connectivity index (χ0n) is 13.5. The largest absolute Gasteiger partial charge is 0.445 e. The molecule has 0 aliphatic carbocycles. The van der Waals surface area contributed by atoms with Crippen LogP contribution in [0.1, 0.15) is 25.3 Å². The molecule has 3 N–H and O–H groups in total. The topological polar surface area (TPSA) is 84.7 Å². The summed E-state index contributed by atoms with van der Waals surface area (Å²) >= 11 is 0. The molecule has 1 aliphatic heterocycles. The molecule has 1 saturated heterocycles. The number of carbonyl (C=O) groups excluding carboxylic acids is 2. The fraction of sp³-hybridized carbons (Fsp3) is 0.529. The van der Waals surface area contributed by atoms with E-state index in [1.807, 2.05) is 30.3 Å². The molecule has 0 radical (unpaired) electrons. The van der Waals surface area contributed by atoms with E-state index in [4.69, 9.17) is 10.5 Å². The van der Waals surface area contributed by atoms with Crippen molar-refractivity contribution in [1.29, 1.82) is 0 Å². The first-order valence-electron chi connectivity index (χ1n) is 8.05. The molecule has 0 bridgehead atoms. The van der Waals surface area contributed by atoms with E-state index in [9.17, 15) is 9.59 Å². The molecule has 1 heterocycles. The zero-order chi connectivity index (χ0) is 16.7. The van der Waals surface area contributed by atoms with Crippen LogP contribution in [0, 0.1) is 5.92 Å². The molecule has 1 aliphatic rings. The third kappa shape index (κ3) is 5.56. The SMILES string of the molecule is CC(N)C(=O)NCC1CCCN(C(=O)OCc2ccccc2)C1. The minimum Gasteiger partial charge on any atom is -0.445 e. The van der Waals surface area contributed by atoms with Gasteiger partial charge >= 0.3 is 6.09 Å². The number of hydrogen-bond acceptors (Lipinski definition) is 4. The highest BCUT2D eigenvalue weighted by Gasteiger charge is 2.25. The van der Waals surface area contributed by atoms with E-state index >= 15 is 0 Å². The van der Waals surface area contributed by atoms with Gasteiger partial charge in [0.25, 0.3) is 0 Å². The fourth-order valence-corrected chi connectivity index (χ4v) is 2.61. The number of hydrogen-bond donors (Lipinski definition) is 2. The molecule has 0 saturated carbocycles. The van der Waals surface area contributed by atoms with Gasteiger partial charge in [-0.3, -0.25) is 4.79 Å². The van der Waals surface area contributed by atoms with E-state index in [-0.39, 0.29) is 24.5 Å². The lowest BCUT2D eigenvalue weighted by atomic mass is 9.98. The first-order valence-corrected chi connectivity index (χ1v) is 8.05. The summed E-state index contributed by atoms with van der Waals surface area (Å²) in [5.74, 6) is 0.0875. The highest BCUT2D eigenvalue weighted by Crippen LogP contribution is 2.17. The summed E-state index contributed by atoms with van der Waals surface area (Å²) in [4.78, 5) is 25.4. The van der Waals surface area contributed by atoms with Crippen molar-refractivity contribution in [1.82, 2.24) is 10.2 Å². The summed E-state index contributed by atoms with van der Waals surface area (Å²) in [6.07, 6.45) is 1.61. The molecule has 6 nitrogen and oxygen atoms in total. The van der Waals surface area contributed by atoms with Crippen molar-refractivity contribution in [3.63, 3.8) is 0 Å². The number of ether oxygens (including phenoxy) is 1. The second-order valence-electron chi connectivity index (χ2n) is 6.03. The lowest BCUT2D eigenvalue weighted by Gasteiger charge is -2.32. The maximum atomic E-state index is 12.2. The van der Waals surface area contributed by atoms with Crippen molar-refractivity contribution < 1.29 is 14.3 Å².